The van der Waals surface area contributed by atoms with Gasteiger partial charge in [-0.25, -0.2) is 9.79 Å². The highest BCUT2D eigenvalue weighted by molar-refractivity contribution is 9.10. The second-order valence-electron chi connectivity index (χ2n) is 4.10. The molecule has 1 aromatic carbocycles. The molecule has 0 N–H and O–H groups in total. The van der Waals surface area contributed by atoms with Gasteiger partial charge in [0.1, 0.15) is 0 Å². The number of aliphatic imine (C=N–C) groups is 1. The second-order valence-corrected chi connectivity index (χ2v) is 4.96. The molecule has 0 saturated heterocycles. The maximum atomic E-state index is 11.8. The zero-order valence-corrected chi connectivity index (χ0v) is 11.9. The van der Waals surface area contributed by atoms with Gasteiger partial charge in [0.2, 0.25) is 5.90 Å². The Morgan fingerprint density at radius 2 is 2.00 bits per heavy atom. The van der Waals surface area contributed by atoms with Gasteiger partial charge in [0.05, 0.1) is 5.56 Å². The summed E-state index contributed by atoms with van der Waals surface area (Å²) in [5, 5.41) is 0. The van der Waals surface area contributed by atoms with E-state index in [9.17, 15) is 4.79 Å². The van der Waals surface area contributed by atoms with Crippen molar-refractivity contribution in [2.24, 2.45) is 4.99 Å². The number of carbonyl (C=O) groups is 1. The van der Waals surface area contributed by atoms with E-state index >= 15 is 0 Å². The summed E-state index contributed by atoms with van der Waals surface area (Å²) in [4.78, 5) is 20.1. The first-order valence-electron chi connectivity index (χ1n) is 5.91. The Bertz CT molecular complexity index is 724. The van der Waals surface area contributed by atoms with Crippen molar-refractivity contribution >= 4 is 33.9 Å². The van der Waals surface area contributed by atoms with Crippen LogP contribution in [0.4, 0.5) is 0 Å². The van der Waals surface area contributed by atoms with Crippen molar-refractivity contribution in [1.82, 2.24) is 4.98 Å². The average Bonchev–Trinajstić information content (AvgIpc) is 2.81. The highest BCUT2D eigenvalue weighted by Crippen LogP contribution is 2.23. The molecule has 4 nitrogen and oxygen atoms in total. The fourth-order valence-electron chi connectivity index (χ4n) is 1.78. The molecule has 0 fully saturated rings. The van der Waals surface area contributed by atoms with Crippen LogP contribution in [0.15, 0.2) is 64.0 Å². The van der Waals surface area contributed by atoms with Crippen molar-refractivity contribution in [2.75, 3.05) is 0 Å². The van der Waals surface area contributed by atoms with E-state index in [1.807, 2.05) is 30.3 Å². The average molecular weight is 329 g/mol. The molecule has 0 spiro atoms. The number of nitrogens with zero attached hydrogens (tertiary/aromatic N) is 2. The number of benzene rings is 1. The van der Waals surface area contributed by atoms with Crippen molar-refractivity contribution in [2.45, 2.75) is 0 Å². The van der Waals surface area contributed by atoms with Gasteiger partial charge in [-0.15, -0.1) is 0 Å². The lowest BCUT2D eigenvalue weighted by Gasteiger charge is -2.01. The third-order valence-corrected chi connectivity index (χ3v) is 3.40. The zero-order chi connectivity index (χ0) is 13.9. The van der Waals surface area contributed by atoms with E-state index in [4.69, 9.17) is 4.74 Å². The van der Waals surface area contributed by atoms with E-state index < -0.39 is 5.97 Å². The van der Waals surface area contributed by atoms with Crippen LogP contribution in [0.5, 0.6) is 0 Å². The SMILES string of the molecule is O=C1OC(c2ccccc2Br)=NC1=Cc1cccnc1. The van der Waals surface area contributed by atoms with Gasteiger partial charge in [-0.3, -0.25) is 4.98 Å². The van der Waals surface area contributed by atoms with Gasteiger partial charge >= 0.3 is 5.97 Å². The molecule has 0 atom stereocenters. The topological polar surface area (TPSA) is 51.5 Å². The molecule has 20 heavy (non-hydrogen) atoms. The predicted octanol–water partition coefficient (Wildman–Crippen LogP) is 3.19. The lowest BCUT2D eigenvalue weighted by Crippen LogP contribution is -2.05. The Kier molecular flexibility index (Phi) is 3.43. The molecule has 1 aliphatic rings. The molecular weight excluding hydrogens is 320 g/mol. The number of cyclic esters (lactones) is 1. The summed E-state index contributed by atoms with van der Waals surface area (Å²) in [6, 6.07) is 11.1. The summed E-state index contributed by atoms with van der Waals surface area (Å²) in [5.41, 5.74) is 1.82. The summed E-state index contributed by atoms with van der Waals surface area (Å²) >= 11 is 3.41. The molecule has 98 valence electrons. The molecule has 1 aromatic heterocycles. The number of ether oxygens (including phenoxy) is 1. The second kappa shape index (κ2) is 5.38. The molecule has 0 saturated carbocycles. The summed E-state index contributed by atoms with van der Waals surface area (Å²) in [6.07, 6.45) is 4.98. The molecule has 1 aliphatic heterocycles. The van der Waals surface area contributed by atoms with Crippen LogP contribution in [0.25, 0.3) is 6.08 Å². The fourth-order valence-corrected chi connectivity index (χ4v) is 2.23. The zero-order valence-electron chi connectivity index (χ0n) is 10.3. The molecule has 2 aromatic rings. The van der Waals surface area contributed by atoms with Crippen LogP contribution in [0.1, 0.15) is 11.1 Å². The first kappa shape index (κ1) is 12.7. The number of halogens is 1. The van der Waals surface area contributed by atoms with Gasteiger partial charge in [-0.2, -0.15) is 0 Å². The summed E-state index contributed by atoms with van der Waals surface area (Å²) in [7, 11) is 0. The monoisotopic (exact) mass is 328 g/mol. The largest absolute Gasteiger partial charge is 0.402 e. The summed E-state index contributed by atoms with van der Waals surface area (Å²) < 4.78 is 6.03. The van der Waals surface area contributed by atoms with E-state index in [2.05, 4.69) is 25.9 Å². The van der Waals surface area contributed by atoms with Gasteiger partial charge in [-0.1, -0.05) is 18.2 Å². The van der Waals surface area contributed by atoms with Crippen LogP contribution in [0.2, 0.25) is 0 Å². The number of esters is 1. The van der Waals surface area contributed by atoms with Crippen molar-refractivity contribution in [3.63, 3.8) is 0 Å². The minimum Gasteiger partial charge on any atom is -0.402 e. The van der Waals surface area contributed by atoms with Crippen molar-refractivity contribution in [1.29, 1.82) is 0 Å². The Morgan fingerprint density at radius 1 is 1.15 bits per heavy atom. The molecule has 0 bridgehead atoms. The van der Waals surface area contributed by atoms with Gasteiger partial charge in [0, 0.05) is 16.9 Å². The number of pyridine rings is 1. The number of hydrogen-bond acceptors (Lipinski definition) is 4. The van der Waals surface area contributed by atoms with Crippen molar-refractivity contribution in [3.05, 3.63) is 70.1 Å². The molecule has 0 aliphatic carbocycles. The number of carbonyl (C=O) groups excluding carboxylic acids is 1. The highest BCUT2D eigenvalue weighted by Gasteiger charge is 2.25. The summed E-state index contributed by atoms with van der Waals surface area (Å²) in [6.45, 7) is 0. The first-order valence-corrected chi connectivity index (χ1v) is 6.71. The third kappa shape index (κ3) is 2.53. The number of hydrogen-bond donors (Lipinski definition) is 0. The van der Waals surface area contributed by atoms with E-state index in [0.717, 1.165) is 15.6 Å². The van der Waals surface area contributed by atoms with Crippen LogP contribution in [-0.2, 0) is 9.53 Å². The van der Waals surface area contributed by atoms with Gasteiger partial charge in [0.15, 0.2) is 5.70 Å². The van der Waals surface area contributed by atoms with E-state index in [0.29, 0.717) is 5.90 Å². The standard InChI is InChI=1S/C15H9BrN2O2/c16-12-6-2-1-5-11(12)14-18-13(15(19)20-14)8-10-4-3-7-17-9-10/h1-9H. The third-order valence-electron chi connectivity index (χ3n) is 2.71. The van der Waals surface area contributed by atoms with Crippen molar-refractivity contribution in [3.8, 4) is 0 Å². The minimum atomic E-state index is -0.459. The fraction of sp³-hybridized carbons (Fsp3) is 0. The normalized spacial score (nSPS) is 16.1. The Labute approximate surface area is 124 Å². The van der Waals surface area contributed by atoms with Gasteiger partial charge in [-0.05, 0) is 45.8 Å². The Hall–Kier alpha value is -2.27. The lowest BCUT2D eigenvalue weighted by molar-refractivity contribution is -0.129. The van der Waals surface area contributed by atoms with Crippen molar-refractivity contribution < 1.29 is 9.53 Å². The lowest BCUT2D eigenvalue weighted by atomic mass is 10.2. The molecule has 0 unspecified atom stereocenters. The number of rotatable bonds is 2. The van der Waals surface area contributed by atoms with Crippen LogP contribution < -0.4 is 0 Å². The predicted molar refractivity (Wildman–Crippen MR) is 79.0 cm³/mol. The molecule has 2 heterocycles. The summed E-state index contributed by atoms with van der Waals surface area (Å²) in [5.74, 6) is -0.155. The maximum absolute atomic E-state index is 11.8. The van der Waals surface area contributed by atoms with Crippen LogP contribution in [-0.4, -0.2) is 16.9 Å². The minimum absolute atomic E-state index is 0.267. The Morgan fingerprint density at radius 3 is 2.75 bits per heavy atom. The molecule has 3 rings (SSSR count). The molecule has 0 radical (unpaired) electrons. The number of aromatic nitrogens is 1. The highest BCUT2D eigenvalue weighted by atomic mass is 79.9. The smallest absolute Gasteiger partial charge is 0.363 e. The Balaban J connectivity index is 1.98. The molecule has 0 amide bonds. The van der Waals surface area contributed by atoms with E-state index in [1.54, 1.807) is 24.5 Å². The van der Waals surface area contributed by atoms with Crippen LogP contribution in [0, 0.1) is 0 Å². The van der Waals surface area contributed by atoms with Crippen LogP contribution >= 0.6 is 15.9 Å². The van der Waals surface area contributed by atoms with E-state index in [1.165, 1.54) is 0 Å². The maximum Gasteiger partial charge on any atom is 0.363 e. The molecule has 5 heteroatoms. The van der Waals surface area contributed by atoms with Gasteiger partial charge in [0.25, 0.3) is 0 Å². The quantitative estimate of drug-likeness (QED) is 0.628. The van der Waals surface area contributed by atoms with E-state index in [-0.39, 0.29) is 5.70 Å². The van der Waals surface area contributed by atoms with Crippen LogP contribution in [0.3, 0.4) is 0 Å². The van der Waals surface area contributed by atoms with Gasteiger partial charge < -0.3 is 4.74 Å². The first-order chi connectivity index (χ1) is 9.74. The molecular formula is C15H9BrN2O2.